The van der Waals surface area contributed by atoms with Gasteiger partial charge in [-0.15, -0.1) is 0 Å². The van der Waals surface area contributed by atoms with Gasteiger partial charge in [0.2, 0.25) is 11.8 Å². The number of unbranched alkanes of at least 4 members (excludes halogenated alkanes) is 3. The summed E-state index contributed by atoms with van der Waals surface area (Å²) in [4.78, 5) is 41.5. The maximum absolute atomic E-state index is 13.9. The smallest absolute Gasteiger partial charge is 0.408 e. The Morgan fingerprint density at radius 1 is 1.03 bits per heavy atom. The summed E-state index contributed by atoms with van der Waals surface area (Å²) in [5.41, 5.74) is 0.487. The van der Waals surface area contributed by atoms with Crippen LogP contribution in [0, 0.1) is 6.92 Å². The number of alkyl carbamates (subject to hydrolysis) is 1. The molecular formula is C27H45N3O4S. The van der Waals surface area contributed by atoms with Crippen molar-refractivity contribution >= 4 is 30.5 Å². The van der Waals surface area contributed by atoms with Gasteiger partial charge in [-0.05, 0) is 66.0 Å². The molecule has 7 nitrogen and oxygen atoms in total. The highest BCUT2D eigenvalue weighted by Gasteiger charge is 2.37. The molecule has 2 unspecified atom stereocenters. The molecule has 0 aliphatic carbocycles. The van der Waals surface area contributed by atoms with Gasteiger partial charge in [0.05, 0.1) is 0 Å². The van der Waals surface area contributed by atoms with Crippen molar-refractivity contribution in [3.8, 4) is 0 Å². The van der Waals surface area contributed by atoms with E-state index in [1.54, 1.807) is 25.7 Å². The van der Waals surface area contributed by atoms with Crippen molar-refractivity contribution in [3.05, 3.63) is 35.4 Å². The quantitative estimate of drug-likeness (QED) is 0.284. The van der Waals surface area contributed by atoms with Crippen molar-refractivity contribution in [2.75, 3.05) is 12.3 Å². The Kier molecular flexibility index (Phi) is 12.1. The largest absolute Gasteiger partial charge is 0.444 e. The van der Waals surface area contributed by atoms with Gasteiger partial charge in [-0.1, -0.05) is 50.5 Å². The van der Waals surface area contributed by atoms with E-state index in [1.807, 2.05) is 52.0 Å². The summed E-state index contributed by atoms with van der Waals surface area (Å²) in [6.45, 7) is 15.4. The molecule has 0 fully saturated rings. The molecule has 35 heavy (non-hydrogen) atoms. The van der Waals surface area contributed by atoms with Crippen molar-refractivity contribution in [1.82, 2.24) is 15.5 Å². The first-order valence-corrected chi connectivity index (χ1v) is 13.1. The molecule has 0 spiro atoms. The van der Waals surface area contributed by atoms with E-state index in [4.69, 9.17) is 4.74 Å². The lowest BCUT2D eigenvalue weighted by atomic mass is 9.96. The molecule has 1 aromatic carbocycles. The van der Waals surface area contributed by atoms with Crippen LogP contribution in [0.1, 0.15) is 91.3 Å². The number of rotatable bonds is 11. The molecule has 0 aliphatic rings. The van der Waals surface area contributed by atoms with Gasteiger partial charge < -0.3 is 20.3 Å². The molecule has 0 heterocycles. The van der Waals surface area contributed by atoms with Crippen LogP contribution in [0.25, 0.3) is 0 Å². The zero-order valence-electron chi connectivity index (χ0n) is 22.7. The molecule has 3 amide bonds. The van der Waals surface area contributed by atoms with E-state index < -0.39 is 29.3 Å². The number of thiol groups is 1. The summed E-state index contributed by atoms with van der Waals surface area (Å²) in [7, 11) is 0. The standard InChI is InChI=1S/C27H45N3O4S/c1-9-10-11-14-17-30(24(32)21(18-35)28-25(33)34-27(6,7)8)22(23(31)29-26(3,4)5)20-16-13-12-15-19(20)2/h12-13,15-16,21-22,35H,9-11,14,17-18H2,1-8H3,(H,28,33)(H,29,31). The van der Waals surface area contributed by atoms with Crippen LogP contribution in [0.15, 0.2) is 24.3 Å². The maximum Gasteiger partial charge on any atom is 0.408 e. The van der Waals surface area contributed by atoms with Crippen LogP contribution in [-0.4, -0.2) is 52.3 Å². The number of carbonyl (C=O) groups excluding carboxylic acids is 3. The zero-order valence-corrected chi connectivity index (χ0v) is 23.6. The van der Waals surface area contributed by atoms with Gasteiger partial charge in [-0.25, -0.2) is 4.79 Å². The number of ether oxygens (including phenoxy) is 1. The monoisotopic (exact) mass is 507 g/mol. The SMILES string of the molecule is CCCCCCN(C(=O)C(CS)NC(=O)OC(C)(C)C)C(C(=O)NC(C)(C)C)c1ccccc1C. The van der Waals surface area contributed by atoms with Gasteiger partial charge in [-0.2, -0.15) is 12.6 Å². The lowest BCUT2D eigenvalue weighted by molar-refractivity contribution is -0.142. The minimum atomic E-state index is -0.937. The van der Waals surface area contributed by atoms with E-state index in [2.05, 4.69) is 30.2 Å². The van der Waals surface area contributed by atoms with Crippen LogP contribution in [0.4, 0.5) is 4.79 Å². The second-order valence-corrected chi connectivity index (χ2v) is 11.3. The van der Waals surface area contributed by atoms with Crippen LogP contribution in [0.3, 0.4) is 0 Å². The van der Waals surface area contributed by atoms with Crippen molar-refractivity contribution in [1.29, 1.82) is 0 Å². The fraction of sp³-hybridized carbons (Fsp3) is 0.667. The predicted molar refractivity (Wildman–Crippen MR) is 145 cm³/mol. The topological polar surface area (TPSA) is 87.7 Å². The van der Waals surface area contributed by atoms with E-state index in [9.17, 15) is 14.4 Å². The van der Waals surface area contributed by atoms with Crippen molar-refractivity contribution < 1.29 is 19.1 Å². The zero-order chi connectivity index (χ0) is 26.8. The number of hydrogen-bond acceptors (Lipinski definition) is 5. The van der Waals surface area contributed by atoms with Crippen molar-refractivity contribution in [2.45, 2.75) is 104 Å². The van der Waals surface area contributed by atoms with E-state index in [0.29, 0.717) is 6.54 Å². The molecular weight excluding hydrogens is 462 g/mol. The van der Waals surface area contributed by atoms with Gasteiger partial charge in [0, 0.05) is 17.8 Å². The van der Waals surface area contributed by atoms with Gasteiger partial charge in [-0.3, -0.25) is 9.59 Å². The number of nitrogens with zero attached hydrogens (tertiary/aromatic N) is 1. The molecule has 0 aromatic heterocycles. The van der Waals surface area contributed by atoms with Crippen molar-refractivity contribution in [3.63, 3.8) is 0 Å². The first-order valence-electron chi connectivity index (χ1n) is 12.5. The van der Waals surface area contributed by atoms with Crippen LogP contribution in [-0.2, 0) is 14.3 Å². The molecule has 198 valence electrons. The van der Waals surface area contributed by atoms with Gasteiger partial charge >= 0.3 is 6.09 Å². The third-order valence-electron chi connectivity index (χ3n) is 5.25. The number of aryl methyl sites for hydroxylation is 1. The summed E-state index contributed by atoms with van der Waals surface area (Å²) in [5, 5.41) is 5.70. The second kappa shape index (κ2) is 13.8. The molecule has 0 saturated heterocycles. The lowest BCUT2D eigenvalue weighted by Gasteiger charge is -2.36. The van der Waals surface area contributed by atoms with E-state index >= 15 is 0 Å². The van der Waals surface area contributed by atoms with Gasteiger partial charge in [0.25, 0.3) is 0 Å². The third kappa shape index (κ3) is 10.9. The lowest BCUT2D eigenvalue weighted by Crippen LogP contribution is -2.55. The van der Waals surface area contributed by atoms with Gasteiger partial charge in [0.15, 0.2) is 0 Å². The van der Waals surface area contributed by atoms with Crippen LogP contribution in [0.2, 0.25) is 0 Å². The summed E-state index contributed by atoms with van der Waals surface area (Å²) in [6, 6.07) is 5.81. The van der Waals surface area contributed by atoms with E-state index in [-0.39, 0.29) is 17.6 Å². The molecule has 1 aromatic rings. The van der Waals surface area contributed by atoms with E-state index in [1.165, 1.54) is 0 Å². The highest BCUT2D eigenvalue weighted by atomic mass is 32.1. The molecule has 2 N–H and O–H groups in total. The summed E-state index contributed by atoms with van der Waals surface area (Å²) >= 11 is 4.34. The summed E-state index contributed by atoms with van der Waals surface area (Å²) < 4.78 is 5.36. The highest BCUT2D eigenvalue weighted by molar-refractivity contribution is 7.80. The molecule has 0 radical (unpaired) electrons. The average molecular weight is 508 g/mol. The Labute approximate surface area is 217 Å². The number of benzene rings is 1. The predicted octanol–water partition coefficient (Wildman–Crippen LogP) is 5.18. The Balaban J connectivity index is 3.42. The Hall–Kier alpha value is -2.22. The minimum absolute atomic E-state index is 0.0743. The molecule has 0 saturated carbocycles. The van der Waals surface area contributed by atoms with Crippen LogP contribution in [0.5, 0.6) is 0 Å². The summed E-state index contributed by atoms with van der Waals surface area (Å²) in [6.07, 6.45) is 3.09. The molecule has 0 aliphatic heterocycles. The Morgan fingerprint density at radius 2 is 1.66 bits per heavy atom. The fourth-order valence-electron chi connectivity index (χ4n) is 3.69. The van der Waals surface area contributed by atoms with Gasteiger partial charge in [0.1, 0.15) is 17.7 Å². The number of amides is 3. The first kappa shape index (κ1) is 30.8. The van der Waals surface area contributed by atoms with E-state index in [0.717, 1.165) is 36.8 Å². The number of carbonyl (C=O) groups is 3. The maximum atomic E-state index is 13.9. The number of hydrogen-bond donors (Lipinski definition) is 3. The third-order valence-corrected chi connectivity index (χ3v) is 5.61. The Bertz CT molecular complexity index is 846. The summed E-state index contributed by atoms with van der Waals surface area (Å²) in [5.74, 6) is -0.546. The molecule has 8 heteroatoms. The second-order valence-electron chi connectivity index (χ2n) is 11.0. The normalized spacial score (nSPS) is 13.5. The highest BCUT2D eigenvalue weighted by Crippen LogP contribution is 2.27. The van der Waals surface area contributed by atoms with Crippen molar-refractivity contribution in [2.24, 2.45) is 0 Å². The number of nitrogens with one attached hydrogen (secondary N) is 2. The molecule has 0 bridgehead atoms. The molecule has 1 rings (SSSR count). The Morgan fingerprint density at radius 3 is 2.17 bits per heavy atom. The van der Waals surface area contributed by atoms with Crippen LogP contribution < -0.4 is 10.6 Å². The van der Waals surface area contributed by atoms with Crippen LogP contribution >= 0.6 is 12.6 Å². The average Bonchev–Trinajstić information content (AvgIpc) is 2.72. The first-order chi connectivity index (χ1) is 16.2. The molecule has 2 atom stereocenters. The minimum Gasteiger partial charge on any atom is -0.444 e. The fourth-order valence-corrected chi connectivity index (χ4v) is 3.94.